The van der Waals surface area contributed by atoms with Crippen molar-refractivity contribution in [2.75, 3.05) is 0 Å². The Morgan fingerprint density at radius 1 is 0.846 bits per heavy atom. The standard InChI is InChI=1S/C31H29N3O4S/c1-24-11-8-9-17-29(24)30(35)33(22-28-16-10-18-38-28)21-27-19-32-31(34(27)20-25-12-4-2-5-13-25)39(36,37)23-26-14-6-3-7-15-26/h2-19H,20-23H2,1H3. The largest absolute Gasteiger partial charge is 0.467 e. The van der Waals surface area contributed by atoms with E-state index in [1.165, 1.54) is 0 Å². The summed E-state index contributed by atoms with van der Waals surface area (Å²) < 4.78 is 34.4. The van der Waals surface area contributed by atoms with Gasteiger partial charge in [-0.2, -0.15) is 0 Å². The molecule has 0 saturated heterocycles. The summed E-state index contributed by atoms with van der Waals surface area (Å²) in [5, 5.41) is -0.0218. The van der Waals surface area contributed by atoms with E-state index in [-0.39, 0.29) is 29.9 Å². The Morgan fingerprint density at radius 2 is 1.51 bits per heavy atom. The normalized spacial score (nSPS) is 11.4. The highest BCUT2D eigenvalue weighted by atomic mass is 32.2. The first-order chi connectivity index (χ1) is 18.9. The van der Waals surface area contributed by atoms with E-state index < -0.39 is 9.84 Å². The number of hydrogen-bond acceptors (Lipinski definition) is 5. The lowest BCUT2D eigenvalue weighted by atomic mass is 10.1. The molecule has 0 aliphatic carbocycles. The van der Waals surface area contributed by atoms with Gasteiger partial charge in [0, 0.05) is 5.56 Å². The summed E-state index contributed by atoms with van der Waals surface area (Å²) in [6, 6.07) is 29.7. The van der Waals surface area contributed by atoms with Gasteiger partial charge in [0.15, 0.2) is 0 Å². The van der Waals surface area contributed by atoms with E-state index in [0.29, 0.717) is 29.1 Å². The minimum atomic E-state index is -3.78. The number of carbonyl (C=O) groups excluding carboxylic acids is 1. The zero-order valence-electron chi connectivity index (χ0n) is 21.6. The van der Waals surface area contributed by atoms with Gasteiger partial charge < -0.3 is 13.9 Å². The van der Waals surface area contributed by atoms with Gasteiger partial charge >= 0.3 is 0 Å². The van der Waals surface area contributed by atoms with Gasteiger partial charge in [0.25, 0.3) is 5.91 Å². The van der Waals surface area contributed by atoms with Crippen molar-refractivity contribution in [1.82, 2.24) is 14.5 Å². The van der Waals surface area contributed by atoms with Gasteiger partial charge in [0.2, 0.25) is 15.0 Å². The van der Waals surface area contributed by atoms with Crippen LogP contribution in [0.15, 0.2) is 119 Å². The summed E-state index contributed by atoms with van der Waals surface area (Å²) in [5.41, 5.74) is 3.66. The molecule has 0 atom stereocenters. The molecule has 0 fully saturated rings. The van der Waals surface area contributed by atoms with E-state index in [0.717, 1.165) is 11.1 Å². The molecule has 0 N–H and O–H groups in total. The molecule has 39 heavy (non-hydrogen) atoms. The molecule has 2 aromatic heterocycles. The third kappa shape index (κ3) is 6.18. The van der Waals surface area contributed by atoms with E-state index in [4.69, 9.17) is 4.42 Å². The molecular formula is C31H29N3O4S. The third-order valence-corrected chi connectivity index (χ3v) is 8.10. The number of nitrogens with zero attached hydrogens (tertiary/aromatic N) is 3. The maximum Gasteiger partial charge on any atom is 0.254 e. The molecule has 5 aromatic rings. The van der Waals surface area contributed by atoms with Gasteiger partial charge in [-0.05, 0) is 41.8 Å². The first kappa shape index (κ1) is 26.2. The van der Waals surface area contributed by atoms with Crippen LogP contribution in [-0.2, 0) is 35.2 Å². The van der Waals surface area contributed by atoms with Crippen molar-refractivity contribution in [1.29, 1.82) is 0 Å². The number of aromatic nitrogens is 2. The van der Waals surface area contributed by atoms with Crippen molar-refractivity contribution in [3.8, 4) is 0 Å². The highest BCUT2D eigenvalue weighted by molar-refractivity contribution is 7.90. The zero-order chi connectivity index (χ0) is 27.2. The molecule has 0 unspecified atom stereocenters. The van der Waals surface area contributed by atoms with Crippen LogP contribution in [0.1, 0.15) is 38.5 Å². The zero-order valence-corrected chi connectivity index (χ0v) is 22.4. The summed E-state index contributed by atoms with van der Waals surface area (Å²) in [5.74, 6) is 0.283. The number of aryl methyl sites for hydroxylation is 1. The summed E-state index contributed by atoms with van der Waals surface area (Å²) in [6.07, 6.45) is 3.13. The number of carbonyl (C=O) groups is 1. The van der Waals surface area contributed by atoms with Crippen LogP contribution < -0.4 is 0 Å². The predicted octanol–water partition coefficient (Wildman–Crippen LogP) is 5.65. The monoisotopic (exact) mass is 539 g/mol. The van der Waals surface area contributed by atoms with Crippen LogP contribution in [0.4, 0.5) is 0 Å². The minimum absolute atomic E-state index is 0.0218. The smallest absolute Gasteiger partial charge is 0.254 e. The Morgan fingerprint density at radius 3 is 2.18 bits per heavy atom. The molecule has 0 aliphatic rings. The second kappa shape index (κ2) is 11.5. The van der Waals surface area contributed by atoms with Gasteiger partial charge in [0.1, 0.15) is 5.76 Å². The number of benzene rings is 3. The second-order valence-corrected chi connectivity index (χ2v) is 11.3. The lowest BCUT2D eigenvalue weighted by Gasteiger charge is -2.24. The Bertz CT molecular complexity index is 1640. The van der Waals surface area contributed by atoms with Gasteiger partial charge in [-0.25, -0.2) is 13.4 Å². The highest BCUT2D eigenvalue weighted by Gasteiger charge is 2.27. The Kier molecular flexibility index (Phi) is 7.74. The Labute approximate surface area is 228 Å². The van der Waals surface area contributed by atoms with E-state index in [9.17, 15) is 13.2 Å². The quantitative estimate of drug-likeness (QED) is 0.229. The number of rotatable bonds is 10. The molecule has 0 spiro atoms. The summed E-state index contributed by atoms with van der Waals surface area (Å²) in [7, 11) is -3.78. The van der Waals surface area contributed by atoms with Crippen LogP contribution >= 0.6 is 0 Å². The van der Waals surface area contributed by atoms with Crippen molar-refractivity contribution < 1.29 is 17.6 Å². The van der Waals surface area contributed by atoms with Crippen LogP contribution in [0.5, 0.6) is 0 Å². The number of sulfone groups is 1. The van der Waals surface area contributed by atoms with Crippen LogP contribution in [0.2, 0.25) is 0 Å². The average Bonchev–Trinajstić information content (AvgIpc) is 3.60. The molecule has 0 saturated carbocycles. The minimum Gasteiger partial charge on any atom is -0.467 e. The van der Waals surface area contributed by atoms with Crippen molar-refractivity contribution >= 4 is 15.7 Å². The lowest BCUT2D eigenvalue weighted by molar-refractivity contribution is 0.0712. The van der Waals surface area contributed by atoms with E-state index in [1.54, 1.807) is 46.2 Å². The van der Waals surface area contributed by atoms with Gasteiger partial charge in [-0.1, -0.05) is 78.9 Å². The summed E-state index contributed by atoms with van der Waals surface area (Å²) >= 11 is 0. The van der Waals surface area contributed by atoms with E-state index >= 15 is 0 Å². The van der Waals surface area contributed by atoms with Crippen molar-refractivity contribution in [2.24, 2.45) is 0 Å². The number of hydrogen-bond donors (Lipinski definition) is 0. The van der Waals surface area contributed by atoms with Crippen LogP contribution in [0, 0.1) is 6.92 Å². The van der Waals surface area contributed by atoms with E-state index in [2.05, 4.69) is 4.98 Å². The highest BCUT2D eigenvalue weighted by Crippen LogP contribution is 2.23. The van der Waals surface area contributed by atoms with Crippen LogP contribution in [0.3, 0.4) is 0 Å². The van der Waals surface area contributed by atoms with Gasteiger partial charge in [0.05, 0.1) is 43.5 Å². The van der Waals surface area contributed by atoms with Crippen LogP contribution in [-0.4, -0.2) is 28.8 Å². The van der Waals surface area contributed by atoms with E-state index in [1.807, 2.05) is 79.7 Å². The molecule has 7 nitrogen and oxygen atoms in total. The SMILES string of the molecule is Cc1ccccc1C(=O)N(Cc1ccco1)Cc1cnc(S(=O)(=O)Cc2ccccc2)n1Cc1ccccc1. The molecule has 0 radical (unpaired) electrons. The van der Waals surface area contributed by atoms with Crippen molar-refractivity contribution in [3.63, 3.8) is 0 Å². The maximum absolute atomic E-state index is 13.7. The summed E-state index contributed by atoms with van der Waals surface area (Å²) in [4.78, 5) is 19.8. The molecule has 1 amide bonds. The molecule has 5 rings (SSSR count). The lowest BCUT2D eigenvalue weighted by Crippen LogP contribution is -2.31. The molecular weight excluding hydrogens is 510 g/mol. The van der Waals surface area contributed by atoms with Crippen molar-refractivity contribution in [3.05, 3.63) is 143 Å². The predicted molar refractivity (Wildman–Crippen MR) is 149 cm³/mol. The number of imidazole rings is 1. The summed E-state index contributed by atoms with van der Waals surface area (Å²) in [6.45, 7) is 2.57. The van der Waals surface area contributed by atoms with Gasteiger partial charge in [-0.15, -0.1) is 0 Å². The fraction of sp³-hybridized carbons (Fsp3) is 0.161. The Hall–Kier alpha value is -4.43. The first-order valence-corrected chi connectivity index (χ1v) is 14.3. The topological polar surface area (TPSA) is 85.4 Å². The number of furan rings is 1. The molecule has 0 bridgehead atoms. The second-order valence-electron chi connectivity index (χ2n) is 9.40. The number of amides is 1. The molecule has 0 aliphatic heterocycles. The van der Waals surface area contributed by atoms with Crippen LogP contribution in [0.25, 0.3) is 0 Å². The van der Waals surface area contributed by atoms with Crippen molar-refractivity contribution in [2.45, 2.75) is 37.5 Å². The molecule has 198 valence electrons. The van der Waals surface area contributed by atoms with Gasteiger partial charge in [-0.3, -0.25) is 4.79 Å². The maximum atomic E-state index is 13.7. The fourth-order valence-electron chi connectivity index (χ4n) is 4.53. The Balaban J connectivity index is 1.54. The molecule has 3 aromatic carbocycles. The fourth-order valence-corrected chi connectivity index (χ4v) is 6.02. The third-order valence-electron chi connectivity index (χ3n) is 6.51. The molecule has 2 heterocycles. The average molecular weight is 540 g/mol. The molecule has 8 heteroatoms. The first-order valence-electron chi connectivity index (χ1n) is 12.6.